The van der Waals surface area contributed by atoms with Gasteiger partial charge in [0.05, 0.1) is 0 Å². The van der Waals surface area contributed by atoms with Crippen molar-refractivity contribution in [3.63, 3.8) is 0 Å². The van der Waals surface area contributed by atoms with Gasteiger partial charge >= 0.3 is 84.7 Å². The van der Waals surface area contributed by atoms with Gasteiger partial charge in [-0.1, -0.05) is 0 Å². The summed E-state index contributed by atoms with van der Waals surface area (Å²) in [7, 11) is 0. The minimum atomic E-state index is 0.168. The summed E-state index contributed by atoms with van der Waals surface area (Å²) in [6, 6.07) is 10.1. The van der Waals surface area contributed by atoms with Crippen molar-refractivity contribution < 1.29 is 4.79 Å². The average molecular weight is 239 g/mol. The summed E-state index contributed by atoms with van der Waals surface area (Å²) in [6.07, 6.45) is 1.91. The van der Waals surface area contributed by atoms with Crippen molar-refractivity contribution in [2.75, 3.05) is 0 Å². The number of carbonyl (C=O) groups is 1. The van der Waals surface area contributed by atoms with Gasteiger partial charge in [-0.05, 0) is 0 Å². The Hall–Kier alpha value is -0.851. The number of ketones is 1. The molecule has 1 rings (SSSR count). The van der Waals surface area contributed by atoms with Crippen LogP contribution in [0, 0.1) is 0 Å². The minimum absolute atomic E-state index is 0.168. The van der Waals surface area contributed by atoms with Gasteiger partial charge < -0.3 is 0 Å². The second kappa shape index (κ2) is 5.00. The number of allylic oxidation sites excluding steroid dienone is 2. The van der Waals surface area contributed by atoms with Gasteiger partial charge in [0.2, 0.25) is 0 Å². The Morgan fingerprint density at radius 3 is 2.38 bits per heavy atom. The molecule has 0 aromatic heterocycles. The fourth-order valence-corrected chi connectivity index (χ4v) is 2.65. The summed E-state index contributed by atoms with van der Waals surface area (Å²) < 4.78 is 2.19. The number of hydrogen-bond donors (Lipinski definition) is 0. The Morgan fingerprint density at radius 1 is 1.31 bits per heavy atom. The number of rotatable bonds is 3. The van der Waals surface area contributed by atoms with E-state index >= 15 is 0 Å². The first-order chi connectivity index (χ1) is 6.24. The SMILES string of the molecule is C/C=C(/[Se]c1ccccc1)C(C)=O. The van der Waals surface area contributed by atoms with Crippen LogP contribution in [0.3, 0.4) is 0 Å². The van der Waals surface area contributed by atoms with Gasteiger partial charge in [-0.2, -0.15) is 0 Å². The fourth-order valence-electron chi connectivity index (χ4n) is 0.950. The third-order valence-corrected chi connectivity index (χ3v) is 4.20. The molecule has 0 fully saturated rings. The predicted molar refractivity (Wildman–Crippen MR) is 56.3 cm³/mol. The van der Waals surface area contributed by atoms with Gasteiger partial charge in [-0.25, -0.2) is 0 Å². The summed E-state index contributed by atoms with van der Waals surface area (Å²) >= 11 is 0.168. The van der Waals surface area contributed by atoms with Crippen LogP contribution in [0.2, 0.25) is 0 Å². The van der Waals surface area contributed by atoms with Gasteiger partial charge in [0, 0.05) is 0 Å². The van der Waals surface area contributed by atoms with E-state index < -0.39 is 0 Å². The molecule has 0 aliphatic rings. The number of benzene rings is 1. The molecule has 1 aromatic rings. The van der Waals surface area contributed by atoms with Crippen LogP contribution in [-0.4, -0.2) is 20.7 Å². The van der Waals surface area contributed by atoms with Crippen molar-refractivity contribution in [2.24, 2.45) is 0 Å². The zero-order valence-corrected chi connectivity index (χ0v) is 9.49. The molecule has 13 heavy (non-hydrogen) atoms. The molecule has 0 unspecified atom stereocenters. The quantitative estimate of drug-likeness (QED) is 0.577. The molecule has 0 saturated heterocycles. The van der Waals surface area contributed by atoms with Crippen molar-refractivity contribution in [3.8, 4) is 0 Å². The molecule has 1 aromatic carbocycles. The maximum absolute atomic E-state index is 11.1. The summed E-state index contributed by atoms with van der Waals surface area (Å²) in [5.41, 5.74) is 0. The molecule has 0 heterocycles. The van der Waals surface area contributed by atoms with Crippen molar-refractivity contribution in [1.82, 2.24) is 0 Å². The molecule has 0 atom stereocenters. The molecule has 0 saturated carbocycles. The Balaban J connectivity index is 2.74. The van der Waals surface area contributed by atoms with Crippen LogP contribution in [0.5, 0.6) is 0 Å². The van der Waals surface area contributed by atoms with Gasteiger partial charge in [0.25, 0.3) is 0 Å². The van der Waals surface area contributed by atoms with Crippen molar-refractivity contribution in [1.29, 1.82) is 0 Å². The standard InChI is InChI=1S/C11H12OSe/c1-3-11(9(2)12)13-10-7-5-4-6-8-10/h3-8H,1-2H3/b11-3+. The van der Waals surface area contributed by atoms with E-state index in [2.05, 4.69) is 12.1 Å². The molecule has 1 nitrogen and oxygen atoms in total. The van der Waals surface area contributed by atoms with Crippen LogP contribution >= 0.6 is 0 Å². The van der Waals surface area contributed by atoms with E-state index in [9.17, 15) is 4.79 Å². The molecule has 0 aliphatic carbocycles. The third kappa shape index (κ3) is 3.17. The van der Waals surface area contributed by atoms with Crippen LogP contribution in [0.1, 0.15) is 13.8 Å². The van der Waals surface area contributed by atoms with E-state index in [-0.39, 0.29) is 20.7 Å². The summed E-state index contributed by atoms with van der Waals surface area (Å²) in [5.74, 6) is 0.186. The van der Waals surface area contributed by atoms with Crippen LogP contribution < -0.4 is 4.46 Å². The second-order valence-corrected chi connectivity index (χ2v) is 4.96. The Bertz CT molecular complexity index is 314. The fraction of sp³-hybridized carbons (Fsp3) is 0.182. The summed E-state index contributed by atoms with van der Waals surface area (Å²) in [6.45, 7) is 3.54. The van der Waals surface area contributed by atoms with Gasteiger partial charge in [0.15, 0.2) is 0 Å². The van der Waals surface area contributed by atoms with Gasteiger partial charge in [-0.15, -0.1) is 0 Å². The first kappa shape index (κ1) is 10.2. The normalized spacial score (nSPS) is 11.4. The first-order valence-electron chi connectivity index (χ1n) is 4.14. The molecule has 68 valence electrons. The predicted octanol–water partition coefficient (Wildman–Crippen LogP) is 1.51. The molecular formula is C11H12OSe. The van der Waals surface area contributed by atoms with Crippen LogP contribution in [0.4, 0.5) is 0 Å². The molecule has 2 heteroatoms. The second-order valence-electron chi connectivity index (χ2n) is 2.62. The number of carbonyl (C=O) groups excluding carboxylic acids is 1. The van der Waals surface area contributed by atoms with E-state index in [4.69, 9.17) is 0 Å². The number of hydrogen-bond acceptors (Lipinski definition) is 1. The Morgan fingerprint density at radius 2 is 1.92 bits per heavy atom. The van der Waals surface area contributed by atoms with Crippen molar-refractivity contribution in [2.45, 2.75) is 13.8 Å². The summed E-state index contributed by atoms with van der Waals surface area (Å²) in [4.78, 5) is 11.1. The Kier molecular flexibility index (Phi) is 3.94. The van der Waals surface area contributed by atoms with Gasteiger partial charge in [-0.3, -0.25) is 0 Å². The van der Waals surface area contributed by atoms with Crippen LogP contribution in [0.25, 0.3) is 0 Å². The van der Waals surface area contributed by atoms with E-state index in [0.717, 1.165) is 4.47 Å². The molecule has 0 aliphatic heterocycles. The van der Waals surface area contributed by atoms with E-state index in [0.29, 0.717) is 0 Å². The topological polar surface area (TPSA) is 17.1 Å². The van der Waals surface area contributed by atoms with Crippen LogP contribution in [-0.2, 0) is 4.79 Å². The van der Waals surface area contributed by atoms with Gasteiger partial charge in [0.1, 0.15) is 0 Å². The molecule has 0 spiro atoms. The van der Waals surface area contributed by atoms with E-state index in [1.807, 2.05) is 31.2 Å². The van der Waals surface area contributed by atoms with E-state index in [1.165, 1.54) is 4.46 Å². The third-order valence-electron chi connectivity index (χ3n) is 1.58. The first-order valence-corrected chi connectivity index (χ1v) is 5.85. The summed E-state index contributed by atoms with van der Waals surface area (Å²) in [5, 5.41) is 0. The monoisotopic (exact) mass is 240 g/mol. The zero-order chi connectivity index (χ0) is 9.68. The molecule has 0 N–H and O–H groups in total. The zero-order valence-electron chi connectivity index (χ0n) is 7.78. The maximum atomic E-state index is 11.1. The molecular weight excluding hydrogens is 227 g/mol. The Labute approximate surface area is 85.0 Å². The van der Waals surface area contributed by atoms with Crippen LogP contribution in [0.15, 0.2) is 40.9 Å². The number of Topliss-reactive ketones (excluding diaryl/α,β-unsaturated/α-hetero) is 1. The van der Waals surface area contributed by atoms with Crippen molar-refractivity contribution in [3.05, 3.63) is 40.9 Å². The van der Waals surface area contributed by atoms with Crippen molar-refractivity contribution >= 4 is 25.2 Å². The molecule has 0 bridgehead atoms. The van der Waals surface area contributed by atoms with E-state index in [1.54, 1.807) is 6.92 Å². The molecule has 0 radical (unpaired) electrons. The molecule has 0 amide bonds. The average Bonchev–Trinajstić information content (AvgIpc) is 2.15.